The van der Waals surface area contributed by atoms with Crippen molar-refractivity contribution in [1.29, 1.82) is 0 Å². The summed E-state index contributed by atoms with van der Waals surface area (Å²) >= 11 is 0. The van der Waals surface area contributed by atoms with Crippen LogP contribution in [0, 0.1) is 6.92 Å². The van der Waals surface area contributed by atoms with E-state index in [1.807, 2.05) is 37.3 Å². The zero-order valence-electron chi connectivity index (χ0n) is 15.3. The number of rotatable bonds is 4. The fourth-order valence-electron chi connectivity index (χ4n) is 2.96. The van der Waals surface area contributed by atoms with Crippen LogP contribution in [0.15, 0.2) is 53.6 Å². The molecule has 0 saturated heterocycles. The van der Waals surface area contributed by atoms with Gasteiger partial charge in [0.1, 0.15) is 0 Å². The molecule has 0 aliphatic rings. The lowest BCUT2D eigenvalue weighted by molar-refractivity contribution is 1.03. The molecule has 1 aromatic carbocycles. The van der Waals surface area contributed by atoms with E-state index in [2.05, 4.69) is 45.6 Å². The molecule has 10 heteroatoms. The normalized spacial score (nSPS) is 11.1. The molecule has 4 aromatic heterocycles. The maximum Gasteiger partial charge on any atom is 0.271 e. The molecule has 10 nitrogen and oxygen atoms in total. The van der Waals surface area contributed by atoms with Gasteiger partial charge in [-0.25, -0.2) is 4.98 Å². The lowest BCUT2D eigenvalue weighted by Crippen LogP contribution is -2.04. The number of aromatic amines is 3. The van der Waals surface area contributed by atoms with E-state index in [0.29, 0.717) is 39.9 Å². The van der Waals surface area contributed by atoms with Crippen LogP contribution >= 0.6 is 0 Å². The fraction of sp³-hybridized carbons (Fsp3) is 0.0526. The third-order valence-corrected chi connectivity index (χ3v) is 4.35. The van der Waals surface area contributed by atoms with E-state index < -0.39 is 0 Å². The van der Waals surface area contributed by atoms with Gasteiger partial charge >= 0.3 is 0 Å². The molecule has 0 spiro atoms. The Morgan fingerprint density at radius 2 is 1.69 bits per heavy atom. The van der Waals surface area contributed by atoms with Gasteiger partial charge in [-0.1, -0.05) is 0 Å². The van der Waals surface area contributed by atoms with Crippen LogP contribution in [0.25, 0.3) is 33.7 Å². The smallest absolute Gasteiger partial charge is 0.271 e. The lowest BCUT2D eigenvalue weighted by Gasteiger charge is -2.08. The van der Waals surface area contributed by atoms with E-state index in [-0.39, 0.29) is 5.56 Å². The first kappa shape index (κ1) is 16.8. The minimum Gasteiger partial charge on any atom is -0.307 e. The van der Waals surface area contributed by atoms with Crippen molar-refractivity contribution in [2.75, 3.05) is 5.32 Å². The second kappa shape index (κ2) is 6.68. The van der Waals surface area contributed by atoms with E-state index in [0.717, 1.165) is 11.3 Å². The van der Waals surface area contributed by atoms with E-state index in [1.54, 1.807) is 18.5 Å². The van der Waals surface area contributed by atoms with E-state index in [1.165, 1.54) is 0 Å². The Morgan fingerprint density at radius 1 is 0.897 bits per heavy atom. The number of fused-ring (bicyclic) bond motifs is 1. The Balaban J connectivity index is 1.65. The summed E-state index contributed by atoms with van der Waals surface area (Å²) in [6, 6.07) is 10.9. The second-order valence-corrected chi connectivity index (χ2v) is 6.44. The molecule has 5 rings (SSSR count). The number of aromatic nitrogens is 8. The molecule has 0 amide bonds. The van der Waals surface area contributed by atoms with Crippen molar-refractivity contribution in [3.63, 3.8) is 0 Å². The van der Waals surface area contributed by atoms with Gasteiger partial charge in [-0.15, -0.1) is 0 Å². The number of H-pyrrole nitrogens is 3. The highest BCUT2D eigenvalue weighted by Gasteiger charge is 2.13. The van der Waals surface area contributed by atoms with E-state index in [9.17, 15) is 4.79 Å². The van der Waals surface area contributed by atoms with E-state index >= 15 is 0 Å². The molecule has 0 unspecified atom stereocenters. The maximum absolute atomic E-state index is 12.0. The van der Waals surface area contributed by atoms with Gasteiger partial charge in [-0.05, 0) is 37.3 Å². The second-order valence-electron chi connectivity index (χ2n) is 6.44. The number of anilines is 2. The molecule has 0 bridgehead atoms. The number of hydrogen-bond acceptors (Lipinski definition) is 7. The monoisotopic (exact) mass is 385 g/mol. The predicted molar refractivity (Wildman–Crippen MR) is 108 cm³/mol. The fourth-order valence-corrected chi connectivity index (χ4v) is 2.96. The molecule has 0 radical (unpaired) electrons. The molecule has 4 heterocycles. The molecule has 5 aromatic rings. The van der Waals surface area contributed by atoms with Crippen molar-refractivity contribution >= 4 is 22.7 Å². The first-order valence-corrected chi connectivity index (χ1v) is 8.82. The van der Waals surface area contributed by atoms with Crippen molar-refractivity contribution in [2.45, 2.75) is 6.92 Å². The topological polar surface area (TPSA) is 141 Å². The van der Waals surface area contributed by atoms with Crippen LogP contribution in [0.1, 0.15) is 5.69 Å². The Morgan fingerprint density at radius 3 is 2.45 bits per heavy atom. The molecule has 0 fully saturated rings. The van der Waals surface area contributed by atoms with Gasteiger partial charge in [0.05, 0.1) is 10.9 Å². The van der Waals surface area contributed by atoms with Gasteiger partial charge in [-0.2, -0.15) is 15.1 Å². The van der Waals surface area contributed by atoms with Crippen molar-refractivity contribution in [3.8, 4) is 22.8 Å². The molecule has 0 aliphatic heterocycles. The van der Waals surface area contributed by atoms with Crippen molar-refractivity contribution < 1.29 is 0 Å². The average molecular weight is 385 g/mol. The Bertz CT molecular complexity index is 1370. The Kier molecular flexibility index (Phi) is 3.87. The summed E-state index contributed by atoms with van der Waals surface area (Å²) in [6.45, 7) is 1.91. The van der Waals surface area contributed by atoms with Gasteiger partial charge in [-0.3, -0.25) is 25.1 Å². The SMILES string of the molecule is Cc1cc(Nc2nc(-c3ccncc3)nc(-c3ccc4[nH][nH]c(=O)c4c3)n2)n[nH]1. The number of benzene rings is 1. The van der Waals surface area contributed by atoms with Gasteiger partial charge < -0.3 is 5.32 Å². The van der Waals surface area contributed by atoms with E-state index in [4.69, 9.17) is 0 Å². The number of nitrogens with zero attached hydrogens (tertiary/aromatic N) is 5. The zero-order chi connectivity index (χ0) is 19.8. The summed E-state index contributed by atoms with van der Waals surface area (Å²) in [7, 11) is 0. The van der Waals surface area contributed by atoms with Crippen LogP contribution in [-0.2, 0) is 0 Å². The Hall–Kier alpha value is -4.34. The number of hydrogen-bond donors (Lipinski definition) is 4. The highest BCUT2D eigenvalue weighted by Crippen LogP contribution is 2.24. The lowest BCUT2D eigenvalue weighted by atomic mass is 10.1. The van der Waals surface area contributed by atoms with Gasteiger partial charge in [0.25, 0.3) is 5.56 Å². The molecular weight excluding hydrogens is 370 g/mol. The highest BCUT2D eigenvalue weighted by atomic mass is 16.1. The Labute approximate surface area is 163 Å². The van der Waals surface area contributed by atoms with Crippen molar-refractivity contribution in [2.24, 2.45) is 0 Å². The standard InChI is InChI=1S/C19H15N9O/c1-10-8-15(27-25-10)21-19-23-16(11-4-6-20-7-5-11)22-17(24-19)12-2-3-14-13(9-12)18(29)28-26-14/h2-9H,1H3,(H2,26,28,29)(H2,21,22,23,24,25,27). The first-order chi connectivity index (χ1) is 14.2. The van der Waals surface area contributed by atoms with Crippen LogP contribution in [0.2, 0.25) is 0 Å². The summed E-state index contributed by atoms with van der Waals surface area (Å²) in [5, 5.41) is 16.1. The minimum absolute atomic E-state index is 0.199. The molecule has 142 valence electrons. The first-order valence-electron chi connectivity index (χ1n) is 8.82. The third-order valence-electron chi connectivity index (χ3n) is 4.35. The molecular formula is C19H15N9O. The molecule has 29 heavy (non-hydrogen) atoms. The quantitative estimate of drug-likeness (QED) is 0.372. The van der Waals surface area contributed by atoms with Crippen LogP contribution in [0.5, 0.6) is 0 Å². The van der Waals surface area contributed by atoms with Gasteiger partial charge in [0.15, 0.2) is 17.5 Å². The largest absolute Gasteiger partial charge is 0.307 e. The summed E-state index contributed by atoms with van der Waals surface area (Å²) in [5.74, 6) is 1.86. The van der Waals surface area contributed by atoms with Crippen molar-refractivity contribution in [3.05, 3.63) is 64.8 Å². The third kappa shape index (κ3) is 3.23. The molecule has 0 saturated carbocycles. The molecule has 0 atom stereocenters. The average Bonchev–Trinajstić information content (AvgIpc) is 3.33. The van der Waals surface area contributed by atoms with Gasteiger partial charge in [0.2, 0.25) is 5.95 Å². The van der Waals surface area contributed by atoms with Gasteiger partial charge in [0, 0.05) is 35.3 Å². The molecule has 0 aliphatic carbocycles. The number of pyridine rings is 1. The zero-order valence-corrected chi connectivity index (χ0v) is 15.3. The maximum atomic E-state index is 12.0. The minimum atomic E-state index is -0.199. The summed E-state index contributed by atoms with van der Waals surface area (Å²) < 4.78 is 0. The summed E-state index contributed by atoms with van der Waals surface area (Å²) in [4.78, 5) is 29.7. The molecule has 4 N–H and O–H groups in total. The predicted octanol–water partition coefficient (Wildman–Crippen LogP) is 2.55. The number of nitrogens with one attached hydrogen (secondary N) is 4. The summed E-state index contributed by atoms with van der Waals surface area (Å²) in [6.07, 6.45) is 3.35. The van der Waals surface area contributed by atoms with Crippen LogP contribution < -0.4 is 10.9 Å². The summed E-state index contributed by atoms with van der Waals surface area (Å²) in [5.41, 5.74) is 2.92. The van der Waals surface area contributed by atoms with Crippen LogP contribution in [-0.4, -0.2) is 40.3 Å². The van der Waals surface area contributed by atoms with Crippen LogP contribution in [0.3, 0.4) is 0 Å². The highest BCUT2D eigenvalue weighted by molar-refractivity contribution is 5.83. The van der Waals surface area contributed by atoms with Crippen molar-refractivity contribution in [1.82, 2.24) is 40.3 Å². The number of aryl methyl sites for hydroxylation is 1. The van der Waals surface area contributed by atoms with Crippen LogP contribution in [0.4, 0.5) is 11.8 Å².